The van der Waals surface area contributed by atoms with Crippen LogP contribution in [0.4, 0.5) is 4.79 Å². The fourth-order valence-corrected chi connectivity index (χ4v) is 1.74. The van der Waals surface area contributed by atoms with Crippen molar-refractivity contribution in [1.82, 2.24) is 5.32 Å². The van der Waals surface area contributed by atoms with E-state index in [9.17, 15) is 4.79 Å². The van der Waals surface area contributed by atoms with E-state index in [1.54, 1.807) is 7.11 Å². The molecule has 0 aliphatic carbocycles. The Morgan fingerprint density at radius 2 is 2.29 bits per heavy atom. The second-order valence-electron chi connectivity index (χ2n) is 3.64. The van der Waals surface area contributed by atoms with Crippen LogP contribution in [0, 0.1) is 0 Å². The second kappa shape index (κ2) is 4.95. The Labute approximate surface area is 99.7 Å². The zero-order chi connectivity index (χ0) is 12.3. The lowest BCUT2D eigenvalue weighted by molar-refractivity contribution is 0.177. The molecule has 1 saturated heterocycles. The van der Waals surface area contributed by atoms with E-state index in [1.165, 1.54) is 0 Å². The van der Waals surface area contributed by atoms with Crippen molar-refractivity contribution in [3.63, 3.8) is 0 Å². The summed E-state index contributed by atoms with van der Waals surface area (Å²) in [6.45, 7) is 2.82. The molecule has 1 N–H and O–H groups in total. The summed E-state index contributed by atoms with van der Waals surface area (Å²) in [7, 11) is 1.60. The average molecular weight is 237 g/mol. The Morgan fingerprint density at radius 3 is 2.88 bits per heavy atom. The molecule has 1 aliphatic heterocycles. The minimum Gasteiger partial charge on any atom is -0.493 e. The van der Waals surface area contributed by atoms with E-state index in [2.05, 4.69) is 5.32 Å². The van der Waals surface area contributed by atoms with Crippen LogP contribution in [-0.2, 0) is 4.74 Å². The SMILES string of the molecule is CCOc1cc(C2COC(=O)N2)ccc1OC. The second-order valence-corrected chi connectivity index (χ2v) is 3.64. The topological polar surface area (TPSA) is 56.8 Å². The molecule has 0 aromatic heterocycles. The quantitative estimate of drug-likeness (QED) is 0.868. The van der Waals surface area contributed by atoms with Crippen LogP contribution in [0.25, 0.3) is 0 Å². The van der Waals surface area contributed by atoms with E-state index in [0.717, 1.165) is 5.56 Å². The summed E-state index contributed by atoms with van der Waals surface area (Å²) >= 11 is 0. The van der Waals surface area contributed by atoms with E-state index >= 15 is 0 Å². The summed E-state index contributed by atoms with van der Waals surface area (Å²) in [5, 5.41) is 2.72. The van der Waals surface area contributed by atoms with Crippen LogP contribution in [0.5, 0.6) is 11.5 Å². The summed E-state index contributed by atoms with van der Waals surface area (Å²) in [5.41, 5.74) is 0.945. The predicted molar refractivity (Wildman–Crippen MR) is 61.4 cm³/mol. The van der Waals surface area contributed by atoms with Crippen molar-refractivity contribution in [3.05, 3.63) is 23.8 Å². The van der Waals surface area contributed by atoms with Crippen LogP contribution in [0.3, 0.4) is 0 Å². The lowest BCUT2D eigenvalue weighted by Gasteiger charge is -2.13. The minimum atomic E-state index is -0.385. The fraction of sp³-hybridized carbons (Fsp3) is 0.417. The predicted octanol–water partition coefficient (Wildman–Crippen LogP) is 1.87. The van der Waals surface area contributed by atoms with Crippen LogP contribution >= 0.6 is 0 Å². The number of alkyl carbamates (subject to hydrolysis) is 1. The summed E-state index contributed by atoms with van der Waals surface area (Å²) in [4.78, 5) is 11.0. The van der Waals surface area contributed by atoms with Crippen molar-refractivity contribution in [2.75, 3.05) is 20.3 Å². The van der Waals surface area contributed by atoms with Gasteiger partial charge in [0, 0.05) is 0 Å². The number of carbonyl (C=O) groups excluding carboxylic acids is 1. The number of carbonyl (C=O) groups is 1. The van der Waals surface area contributed by atoms with Gasteiger partial charge in [0.1, 0.15) is 6.61 Å². The van der Waals surface area contributed by atoms with E-state index in [0.29, 0.717) is 24.7 Å². The lowest BCUT2D eigenvalue weighted by atomic mass is 10.1. The molecule has 0 saturated carbocycles. The molecule has 5 nitrogen and oxygen atoms in total. The van der Waals surface area contributed by atoms with Crippen molar-refractivity contribution in [2.24, 2.45) is 0 Å². The van der Waals surface area contributed by atoms with E-state index in [1.807, 2.05) is 25.1 Å². The normalized spacial score (nSPS) is 18.5. The van der Waals surface area contributed by atoms with Gasteiger partial charge in [0.05, 0.1) is 19.8 Å². The van der Waals surface area contributed by atoms with Gasteiger partial charge in [-0.3, -0.25) is 0 Å². The molecule has 1 aromatic carbocycles. The number of cyclic esters (lactones) is 1. The first-order valence-electron chi connectivity index (χ1n) is 5.48. The van der Waals surface area contributed by atoms with Gasteiger partial charge in [-0.15, -0.1) is 0 Å². The maximum atomic E-state index is 11.0. The molecule has 0 radical (unpaired) electrons. The molecular weight excluding hydrogens is 222 g/mol. The largest absolute Gasteiger partial charge is 0.493 e. The van der Waals surface area contributed by atoms with Crippen molar-refractivity contribution >= 4 is 6.09 Å². The van der Waals surface area contributed by atoms with Crippen LogP contribution in [0.2, 0.25) is 0 Å². The zero-order valence-electron chi connectivity index (χ0n) is 9.86. The molecule has 1 heterocycles. The summed E-state index contributed by atoms with van der Waals surface area (Å²) in [6, 6.07) is 5.46. The number of benzene rings is 1. The molecule has 1 aromatic rings. The van der Waals surface area contributed by atoms with Gasteiger partial charge >= 0.3 is 6.09 Å². The molecular formula is C12H15NO4. The Morgan fingerprint density at radius 1 is 1.47 bits per heavy atom. The standard InChI is InChI=1S/C12H15NO4/c1-3-16-11-6-8(4-5-10(11)15-2)9-7-17-12(14)13-9/h4-6,9H,3,7H2,1-2H3,(H,13,14). The molecule has 1 unspecified atom stereocenters. The summed E-state index contributed by atoms with van der Waals surface area (Å²) < 4.78 is 15.5. The highest BCUT2D eigenvalue weighted by Gasteiger charge is 2.24. The van der Waals surface area contributed by atoms with Crippen LogP contribution < -0.4 is 14.8 Å². The molecule has 1 fully saturated rings. The third kappa shape index (κ3) is 2.43. The van der Waals surface area contributed by atoms with Gasteiger partial charge in [-0.2, -0.15) is 0 Å². The van der Waals surface area contributed by atoms with Crippen molar-refractivity contribution < 1.29 is 19.0 Å². The molecule has 1 amide bonds. The Hall–Kier alpha value is -1.91. The van der Waals surface area contributed by atoms with Crippen molar-refractivity contribution in [3.8, 4) is 11.5 Å². The molecule has 0 spiro atoms. The molecule has 2 rings (SSSR count). The molecule has 1 atom stereocenters. The first kappa shape index (κ1) is 11.6. The van der Waals surface area contributed by atoms with Gasteiger partial charge in [-0.1, -0.05) is 6.07 Å². The number of amides is 1. The highest BCUT2D eigenvalue weighted by Crippen LogP contribution is 2.31. The van der Waals surface area contributed by atoms with Crippen molar-refractivity contribution in [1.29, 1.82) is 0 Å². The summed E-state index contributed by atoms with van der Waals surface area (Å²) in [5.74, 6) is 1.36. The Balaban J connectivity index is 2.23. The van der Waals surface area contributed by atoms with Gasteiger partial charge in [-0.05, 0) is 24.6 Å². The number of rotatable bonds is 4. The summed E-state index contributed by atoms with van der Waals surface area (Å²) in [6.07, 6.45) is -0.385. The Bertz CT molecular complexity index is 419. The van der Waals surface area contributed by atoms with Gasteiger partial charge in [0.2, 0.25) is 0 Å². The minimum absolute atomic E-state index is 0.118. The maximum absolute atomic E-state index is 11.0. The third-order valence-corrected chi connectivity index (χ3v) is 2.56. The monoisotopic (exact) mass is 237 g/mol. The van der Waals surface area contributed by atoms with E-state index in [-0.39, 0.29) is 12.1 Å². The first-order valence-corrected chi connectivity index (χ1v) is 5.48. The number of nitrogens with one attached hydrogen (secondary N) is 1. The molecule has 92 valence electrons. The third-order valence-electron chi connectivity index (χ3n) is 2.56. The number of hydrogen-bond donors (Lipinski definition) is 1. The van der Waals surface area contributed by atoms with Gasteiger partial charge in [-0.25, -0.2) is 4.79 Å². The van der Waals surface area contributed by atoms with Gasteiger partial charge in [0.15, 0.2) is 11.5 Å². The smallest absolute Gasteiger partial charge is 0.407 e. The first-order chi connectivity index (χ1) is 8.24. The number of ether oxygens (including phenoxy) is 3. The Kier molecular flexibility index (Phi) is 3.37. The van der Waals surface area contributed by atoms with Crippen LogP contribution in [0.1, 0.15) is 18.5 Å². The fourth-order valence-electron chi connectivity index (χ4n) is 1.74. The maximum Gasteiger partial charge on any atom is 0.407 e. The molecule has 1 aliphatic rings. The highest BCUT2D eigenvalue weighted by atomic mass is 16.6. The lowest BCUT2D eigenvalue weighted by Crippen LogP contribution is -2.18. The molecule has 0 bridgehead atoms. The van der Waals surface area contributed by atoms with Gasteiger partial charge < -0.3 is 19.5 Å². The van der Waals surface area contributed by atoms with Crippen LogP contribution in [-0.4, -0.2) is 26.4 Å². The number of methoxy groups -OCH3 is 1. The average Bonchev–Trinajstić information content (AvgIpc) is 2.76. The van der Waals surface area contributed by atoms with E-state index in [4.69, 9.17) is 14.2 Å². The molecule has 17 heavy (non-hydrogen) atoms. The van der Waals surface area contributed by atoms with Gasteiger partial charge in [0.25, 0.3) is 0 Å². The number of hydrogen-bond acceptors (Lipinski definition) is 4. The molecule has 5 heteroatoms. The van der Waals surface area contributed by atoms with Crippen molar-refractivity contribution in [2.45, 2.75) is 13.0 Å². The zero-order valence-corrected chi connectivity index (χ0v) is 9.86. The van der Waals surface area contributed by atoms with Crippen LogP contribution in [0.15, 0.2) is 18.2 Å². The van der Waals surface area contributed by atoms with E-state index < -0.39 is 0 Å². The highest BCUT2D eigenvalue weighted by molar-refractivity contribution is 5.70.